The molecule has 1 aliphatic rings. The van der Waals surface area contributed by atoms with Crippen LogP contribution in [0.1, 0.15) is 20.8 Å². The van der Waals surface area contributed by atoms with Crippen LogP contribution in [0.4, 0.5) is 0 Å². The molecule has 0 unspecified atom stereocenters. The van der Waals surface area contributed by atoms with Crippen molar-refractivity contribution >= 4 is 5.91 Å². The number of amides is 1. The van der Waals surface area contributed by atoms with Gasteiger partial charge in [-0.25, -0.2) is 0 Å². The lowest BCUT2D eigenvalue weighted by Crippen LogP contribution is -2.60. The van der Waals surface area contributed by atoms with Crippen LogP contribution in [-0.2, 0) is 4.79 Å². The third kappa shape index (κ3) is 2.56. The van der Waals surface area contributed by atoms with Crippen LogP contribution in [0.25, 0.3) is 0 Å². The topological polar surface area (TPSA) is 32.3 Å². The molecule has 1 N–H and O–H groups in total. The molecule has 1 heterocycles. The van der Waals surface area contributed by atoms with Gasteiger partial charge in [0.25, 0.3) is 0 Å². The Morgan fingerprint density at radius 3 is 2.92 bits per heavy atom. The summed E-state index contributed by atoms with van der Waals surface area (Å²) in [5.74, 6) is 0.129. The first kappa shape index (κ1) is 10.3. The largest absolute Gasteiger partial charge is 0.353 e. The van der Waals surface area contributed by atoms with Gasteiger partial charge in [-0.3, -0.25) is 9.69 Å². The highest BCUT2D eigenvalue weighted by atomic mass is 16.2. The SMILES string of the molecule is C/C=C/CN1CC(=O)NCC1(C)C. The van der Waals surface area contributed by atoms with Crippen molar-refractivity contribution in [1.82, 2.24) is 10.2 Å². The standard InChI is InChI=1S/C10H18N2O/c1-4-5-6-12-7-9(13)11-8-10(12,2)3/h4-5H,6-8H2,1-3H3,(H,11,13)/b5-4+. The fourth-order valence-electron chi connectivity index (χ4n) is 1.41. The Balaban J connectivity index is 2.60. The number of allylic oxidation sites excluding steroid dienone is 1. The maximum atomic E-state index is 11.1. The lowest BCUT2D eigenvalue weighted by Gasteiger charge is -2.41. The van der Waals surface area contributed by atoms with E-state index in [0.717, 1.165) is 13.1 Å². The van der Waals surface area contributed by atoms with Crippen molar-refractivity contribution < 1.29 is 4.79 Å². The second-order valence-electron chi connectivity index (χ2n) is 4.04. The molecule has 13 heavy (non-hydrogen) atoms. The molecule has 0 saturated carbocycles. The van der Waals surface area contributed by atoms with Crippen LogP contribution >= 0.6 is 0 Å². The van der Waals surface area contributed by atoms with Crippen LogP contribution in [0.5, 0.6) is 0 Å². The number of carbonyl (C=O) groups excluding carboxylic acids is 1. The van der Waals surface area contributed by atoms with E-state index in [4.69, 9.17) is 0 Å². The molecule has 0 aromatic heterocycles. The number of carbonyl (C=O) groups is 1. The van der Waals surface area contributed by atoms with E-state index < -0.39 is 0 Å². The highest BCUT2D eigenvalue weighted by Gasteiger charge is 2.31. The third-order valence-electron chi connectivity index (χ3n) is 2.47. The highest BCUT2D eigenvalue weighted by Crippen LogP contribution is 2.15. The summed E-state index contributed by atoms with van der Waals surface area (Å²) >= 11 is 0. The van der Waals surface area contributed by atoms with Gasteiger partial charge in [0.15, 0.2) is 0 Å². The number of nitrogens with one attached hydrogen (secondary N) is 1. The average molecular weight is 182 g/mol. The third-order valence-corrected chi connectivity index (χ3v) is 2.47. The van der Waals surface area contributed by atoms with E-state index in [1.54, 1.807) is 0 Å². The fraction of sp³-hybridized carbons (Fsp3) is 0.700. The number of rotatable bonds is 2. The zero-order valence-electron chi connectivity index (χ0n) is 8.63. The van der Waals surface area contributed by atoms with E-state index >= 15 is 0 Å². The quantitative estimate of drug-likeness (QED) is 0.640. The Bertz CT molecular complexity index is 221. The minimum atomic E-state index is 0.0768. The van der Waals surface area contributed by atoms with Gasteiger partial charge < -0.3 is 5.32 Å². The van der Waals surface area contributed by atoms with Gasteiger partial charge in [0.05, 0.1) is 6.54 Å². The van der Waals surface area contributed by atoms with E-state index in [0.29, 0.717) is 6.54 Å². The van der Waals surface area contributed by atoms with Crippen molar-refractivity contribution in [1.29, 1.82) is 0 Å². The van der Waals surface area contributed by atoms with E-state index in [9.17, 15) is 4.79 Å². The highest BCUT2D eigenvalue weighted by molar-refractivity contribution is 5.79. The summed E-state index contributed by atoms with van der Waals surface area (Å²) in [6, 6.07) is 0. The van der Waals surface area contributed by atoms with Crippen LogP contribution in [0.2, 0.25) is 0 Å². The molecule has 1 rings (SSSR count). The van der Waals surface area contributed by atoms with Gasteiger partial charge in [-0.05, 0) is 20.8 Å². The molecule has 0 spiro atoms. The molecule has 1 aliphatic heterocycles. The first-order valence-corrected chi connectivity index (χ1v) is 4.69. The average Bonchev–Trinajstić information content (AvgIpc) is 2.07. The molecule has 1 amide bonds. The first-order chi connectivity index (χ1) is 6.06. The van der Waals surface area contributed by atoms with Gasteiger partial charge >= 0.3 is 0 Å². The van der Waals surface area contributed by atoms with Crippen LogP contribution in [0.3, 0.4) is 0 Å². The van der Waals surface area contributed by atoms with Crippen molar-refractivity contribution in [3.63, 3.8) is 0 Å². The Morgan fingerprint density at radius 2 is 2.31 bits per heavy atom. The summed E-state index contributed by atoms with van der Waals surface area (Å²) in [5.41, 5.74) is 0.0768. The van der Waals surface area contributed by atoms with Crippen LogP contribution in [0.15, 0.2) is 12.2 Å². The molecule has 0 radical (unpaired) electrons. The second-order valence-corrected chi connectivity index (χ2v) is 4.04. The van der Waals surface area contributed by atoms with Gasteiger partial charge in [0, 0.05) is 18.6 Å². The molecule has 3 heteroatoms. The molecule has 0 aromatic carbocycles. The molecular weight excluding hydrogens is 164 g/mol. The molecule has 0 aromatic rings. The first-order valence-electron chi connectivity index (χ1n) is 4.69. The van der Waals surface area contributed by atoms with Crippen molar-refractivity contribution in [2.45, 2.75) is 26.3 Å². The predicted molar refractivity (Wildman–Crippen MR) is 53.5 cm³/mol. The van der Waals surface area contributed by atoms with Gasteiger partial charge in [0.2, 0.25) is 5.91 Å². The minimum Gasteiger partial charge on any atom is -0.353 e. The molecule has 0 aliphatic carbocycles. The predicted octanol–water partition coefficient (Wildman–Crippen LogP) is 0.773. The fourth-order valence-corrected chi connectivity index (χ4v) is 1.41. The number of hydrogen-bond donors (Lipinski definition) is 1. The molecule has 0 bridgehead atoms. The van der Waals surface area contributed by atoms with Crippen LogP contribution < -0.4 is 5.32 Å². The summed E-state index contributed by atoms with van der Waals surface area (Å²) in [6.45, 7) is 8.40. The van der Waals surface area contributed by atoms with Crippen molar-refractivity contribution in [2.75, 3.05) is 19.6 Å². The van der Waals surface area contributed by atoms with E-state index in [1.807, 2.05) is 13.0 Å². The Labute approximate surface area is 79.8 Å². The molecule has 1 fully saturated rings. The summed E-state index contributed by atoms with van der Waals surface area (Å²) in [7, 11) is 0. The maximum absolute atomic E-state index is 11.1. The number of hydrogen-bond acceptors (Lipinski definition) is 2. The van der Waals surface area contributed by atoms with Crippen LogP contribution in [0, 0.1) is 0 Å². The zero-order valence-corrected chi connectivity index (χ0v) is 8.63. The van der Waals surface area contributed by atoms with Crippen molar-refractivity contribution in [2.24, 2.45) is 0 Å². The van der Waals surface area contributed by atoms with Crippen LogP contribution in [-0.4, -0.2) is 36.0 Å². The monoisotopic (exact) mass is 182 g/mol. The number of piperazine rings is 1. The van der Waals surface area contributed by atoms with E-state index in [2.05, 4.69) is 30.1 Å². The number of nitrogens with zero attached hydrogens (tertiary/aromatic N) is 1. The van der Waals surface area contributed by atoms with Gasteiger partial charge in [-0.1, -0.05) is 12.2 Å². The summed E-state index contributed by atoms with van der Waals surface area (Å²) in [4.78, 5) is 13.3. The smallest absolute Gasteiger partial charge is 0.234 e. The van der Waals surface area contributed by atoms with Gasteiger partial charge in [-0.2, -0.15) is 0 Å². The molecule has 0 atom stereocenters. The summed E-state index contributed by atoms with van der Waals surface area (Å²) in [5, 5.41) is 2.87. The summed E-state index contributed by atoms with van der Waals surface area (Å²) < 4.78 is 0. The van der Waals surface area contributed by atoms with Crippen molar-refractivity contribution in [3.8, 4) is 0 Å². The van der Waals surface area contributed by atoms with E-state index in [-0.39, 0.29) is 11.4 Å². The van der Waals surface area contributed by atoms with Crippen molar-refractivity contribution in [3.05, 3.63) is 12.2 Å². The normalized spacial score (nSPS) is 23.5. The molecule has 3 nitrogen and oxygen atoms in total. The lowest BCUT2D eigenvalue weighted by atomic mass is 10.00. The van der Waals surface area contributed by atoms with Gasteiger partial charge in [-0.15, -0.1) is 0 Å². The maximum Gasteiger partial charge on any atom is 0.234 e. The Morgan fingerprint density at radius 1 is 1.62 bits per heavy atom. The zero-order chi connectivity index (χ0) is 9.90. The Kier molecular flexibility index (Phi) is 3.09. The molecular formula is C10H18N2O. The van der Waals surface area contributed by atoms with E-state index in [1.165, 1.54) is 0 Å². The minimum absolute atomic E-state index is 0.0768. The molecule has 1 saturated heterocycles. The van der Waals surface area contributed by atoms with Gasteiger partial charge in [0.1, 0.15) is 0 Å². The Hall–Kier alpha value is -0.830. The lowest BCUT2D eigenvalue weighted by molar-refractivity contribution is -0.127. The molecule has 74 valence electrons. The second kappa shape index (κ2) is 3.92. The summed E-state index contributed by atoms with van der Waals surface area (Å²) in [6.07, 6.45) is 4.10.